The number of ketones is 1. The fourth-order valence-electron chi connectivity index (χ4n) is 2.50. The van der Waals surface area contributed by atoms with Gasteiger partial charge in [0, 0.05) is 5.41 Å². The molecule has 1 aromatic carbocycles. The Balaban J connectivity index is 2.23. The van der Waals surface area contributed by atoms with Gasteiger partial charge in [0.15, 0.2) is 0 Å². The Morgan fingerprint density at radius 1 is 1.22 bits per heavy atom. The lowest BCUT2D eigenvalue weighted by molar-refractivity contribution is -0.137. The molecule has 0 bridgehead atoms. The topological polar surface area (TPSA) is 17.1 Å². The van der Waals surface area contributed by atoms with Crippen LogP contribution in [0.25, 0.3) is 0 Å². The summed E-state index contributed by atoms with van der Waals surface area (Å²) in [5.41, 5.74) is -0.179. The molecule has 1 aliphatic carbocycles. The van der Waals surface area contributed by atoms with E-state index in [1.165, 1.54) is 12.1 Å². The standard InChI is InChI=1S/C14H15F3O/c1-9(13(7-8-13)10(2)18)11-3-5-12(6-4-11)14(15,16)17/h3-6,9H,7-8H2,1-2H3. The van der Waals surface area contributed by atoms with Crippen molar-refractivity contribution < 1.29 is 18.0 Å². The first-order valence-electron chi connectivity index (χ1n) is 5.95. The van der Waals surface area contributed by atoms with E-state index in [1.807, 2.05) is 6.92 Å². The van der Waals surface area contributed by atoms with Crippen LogP contribution in [0.5, 0.6) is 0 Å². The van der Waals surface area contributed by atoms with Gasteiger partial charge in [0.1, 0.15) is 5.78 Å². The molecular weight excluding hydrogens is 241 g/mol. The number of rotatable bonds is 3. The number of hydrogen-bond acceptors (Lipinski definition) is 1. The summed E-state index contributed by atoms with van der Waals surface area (Å²) in [5.74, 6) is 0.118. The maximum atomic E-state index is 12.4. The number of Topliss-reactive ketones (excluding diaryl/α,β-unsaturated/α-hetero) is 1. The molecule has 0 amide bonds. The van der Waals surface area contributed by atoms with Crippen molar-refractivity contribution in [2.75, 3.05) is 0 Å². The van der Waals surface area contributed by atoms with Crippen molar-refractivity contribution >= 4 is 5.78 Å². The summed E-state index contributed by atoms with van der Waals surface area (Å²) >= 11 is 0. The van der Waals surface area contributed by atoms with Crippen molar-refractivity contribution in [3.05, 3.63) is 35.4 Å². The minimum atomic E-state index is -4.31. The molecule has 0 heterocycles. The highest BCUT2D eigenvalue weighted by Gasteiger charge is 2.51. The zero-order chi connectivity index (χ0) is 13.6. The number of benzene rings is 1. The molecule has 1 atom stereocenters. The molecule has 0 radical (unpaired) electrons. The molecule has 1 nitrogen and oxygen atoms in total. The maximum absolute atomic E-state index is 12.4. The lowest BCUT2D eigenvalue weighted by atomic mass is 9.82. The predicted molar refractivity (Wildman–Crippen MR) is 62.2 cm³/mol. The molecule has 1 aliphatic rings. The van der Waals surface area contributed by atoms with Crippen LogP contribution < -0.4 is 0 Å². The van der Waals surface area contributed by atoms with Crippen molar-refractivity contribution in [2.24, 2.45) is 5.41 Å². The van der Waals surface area contributed by atoms with Gasteiger partial charge in [-0.1, -0.05) is 19.1 Å². The molecule has 0 saturated heterocycles. The summed E-state index contributed by atoms with van der Waals surface area (Å²) in [6.45, 7) is 3.48. The Morgan fingerprint density at radius 3 is 2.06 bits per heavy atom. The van der Waals surface area contributed by atoms with Crippen LogP contribution in [0.15, 0.2) is 24.3 Å². The van der Waals surface area contributed by atoms with Crippen molar-refractivity contribution in [1.82, 2.24) is 0 Å². The molecule has 0 aliphatic heterocycles. The van der Waals surface area contributed by atoms with E-state index < -0.39 is 11.7 Å². The summed E-state index contributed by atoms with van der Waals surface area (Å²) in [4.78, 5) is 11.6. The van der Waals surface area contributed by atoms with Gasteiger partial charge in [-0.3, -0.25) is 4.79 Å². The van der Waals surface area contributed by atoms with Gasteiger partial charge in [0.05, 0.1) is 5.56 Å². The minimum Gasteiger partial charge on any atom is -0.299 e. The molecule has 0 N–H and O–H groups in total. The predicted octanol–water partition coefficient (Wildman–Crippen LogP) is 4.18. The summed E-state index contributed by atoms with van der Waals surface area (Å²) in [6, 6.07) is 5.14. The SMILES string of the molecule is CC(=O)C1(C(C)c2ccc(C(F)(F)F)cc2)CC1. The largest absolute Gasteiger partial charge is 0.416 e. The summed E-state index contributed by atoms with van der Waals surface area (Å²) < 4.78 is 37.3. The zero-order valence-electron chi connectivity index (χ0n) is 10.3. The lowest BCUT2D eigenvalue weighted by Gasteiger charge is -2.21. The Labute approximate surface area is 104 Å². The molecule has 4 heteroatoms. The van der Waals surface area contributed by atoms with Gasteiger partial charge in [0.25, 0.3) is 0 Å². The minimum absolute atomic E-state index is 0.0164. The molecular formula is C14H15F3O. The van der Waals surface area contributed by atoms with Gasteiger partial charge in [-0.25, -0.2) is 0 Å². The van der Waals surface area contributed by atoms with Gasteiger partial charge in [-0.2, -0.15) is 13.2 Å². The van der Waals surface area contributed by atoms with Crippen molar-refractivity contribution in [3.63, 3.8) is 0 Å². The van der Waals surface area contributed by atoms with Crippen LogP contribution in [-0.4, -0.2) is 5.78 Å². The zero-order valence-corrected chi connectivity index (χ0v) is 10.3. The first kappa shape index (κ1) is 13.1. The summed E-state index contributed by atoms with van der Waals surface area (Å²) in [6.07, 6.45) is -2.63. The Kier molecular flexibility index (Phi) is 2.99. The molecule has 1 aromatic rings. The average Bonchev–Trinajstić information content (AvgIpc) is 3.08. The Morgan fingerprint density at radius 2 is 1.72 bits per heavy atom. The van der Waals surface area contributed by atoms with Crippen LogP contribution in [0.3, 0.4) is 0 Å². The number of carbonyl (C=O) groups excluding carboxylic acids is 1. The second-order valence-corrected chi connectivity index (χ2v) is 5.05. The second-order valence-electron chi connectivity index (χ2n) is 5.05. The molecule has 1 fully saturated rings. The van der Waals surface area contributed by atoms with Crippen molar-refractivity contribution in [2.45, 2.75) is 38.8 Å². The quantitative estimate of drug-likeness (QED) is 0.793. The van der Waals surface area contributed by atoms with E-state index in [0.29, 0.717) is 0 Å². The van der Waals surface area contributed by atoms with Crippen molar-refractivity contribution in [3.8, 4) is 0 Å². The lowest BCUT2D eigenvalue weighted by Crippen LogP contribution is -2.19. The van der Waals surface area contributed by atoms with Crippen LogP contribution in [0, 0.1) is 5.41 Å². The third kappa shape index (κ3) is 2.16. The number of alkyl halides is 3. The van der Waals surface area contributed by atoms with Crippen LogP contribution in [0.1, 0.15) is 43.7 Å². The molecule has 1 unspecified atom stereocenters. The Bertz CT molecular complexity index is 455. The summed E-state index contributed by atoms with van der Waals surface area (Å²) in [5, 5.41) is 0. The maximum Gasteiger partial charge on any atom is 0.416 e. The van der Waals surface area contributed by atoms with E-state index in [9.17, 15) is 18.0 Å². The number of halogens is 3. The van der Waals surface area contributed by atoms with Crippen LogP contribution in [0.4, 0.5) is 13.2 Å². The van der Waals surface area contributed by atoms with E-state index in [1.54, 1.807) is 6.92 Å². The van der Waals surface area contributed by atoms with E-state index in [-0.39, 0.29) is 17.1 Å². The average molecular weight is 256 g/mol. The fourth-order valence-corrected chi connectivity index (χ4v) is 2.50. The van der Waals surface area contributed by atoms with Crippen LogP contribution in [0.2, 0.25) is 0 Å². The first-order valence-corrected chi connectivity index (χ1v) is 5.95. The van der Waals surface area contributed by atoms with E-state index in [0.717, 1.165) is 30.5 Å². The van der Waals surface area contributed by atoms with Crippen LogP contribution >= 0.6 is 0 Å². The van der Waals surface area contributed by atoms with E-state index in [4.69, 9.17) is 0 Å². The highest BCUT2D eigenvalue weighted by atomic mass is 19.4. The molecule has 98 valence electrons. The molecule has 0 aromatic heterocycles. The smallest absolute Gasteiger partial charge is 0.299 e. The third-order valence-corrected chi connectivity index (χ3v) is 4.06. The third-order valence-electron chi connectivity index (χ3n) is 4.06. The fraction of sp³-hybridized carbons (Fsp3) is 0.500. The normalized spacial score (nSPS) is 19.4. The van der Waals surface area contributed by atoms with E-state index in [2.05, 4.69) is 0 Å². The monoisotopic (exact) mass is 256 g/mol. The van der Waals surface area contributed by atoms with E-state index >= 15 is 0 Å². The van der Waals surface area contributed by atoms with Crippen LogP contribution in [-0.2, 0) is 11.0 Å². The van der Waals surface area contributed by atoms with Gasteiger partial charge in [-0.05, 0) is 43.4 Å². The number of carbonyl (C=O) groups is 1. The van der Waals surface area contributed by atoms with Gasteiger partial charge >= 0.3 is 6.18 Å². The Hall–Kier alpha value is -1.32. The molecule has 18 heavy (non-hydrogen) atoms. The highest BCUT2D eigenvalue weighted by Crippen LogP contribution is 2.56. The molecule has 0 spiro atoms. The van der Waals surface area contributed by atoms with Crippen molar-refractivity contribution in [1.29, 1.82) is 0 Å². The molecule has 2 rings (SSSR count). The second kappa shape index (κ2) is 4.11. The van der Waals surface area contributed by atoms with Gasteiger partial charge < -0.3 is 0 Å². The molecule has 1 saturated carbocycles. The number of hydrogen-bond donors (Lipinski definition) is 0. The first-order chi connectivity index (χ1) is 8.27. The van der Waals surface area contributed by atoms with Gasteiger partial charge in [-0.15, -0.1) is 0 Å². The van der Waals surface area contributed by atoms with Gasteiger partial charge in [0.2, 0.25) is 0 Å². The highest BCUT2D eigenvalue weighted by molar-refractivity contribution is 5.86. The summed E-state index contributed by atoms with van der Waals surface area (Å²) in [7, 11) is 0.